The van der Waals surface area contributed by atoms with Gasteiger partial charge >= 0.3 is 0 Å². The molecule has 19 heavy (non-hydrogen) atoms. The summed E-state index contributed by atoms with van der Waals surface area (Å²) < 4.78 is 10.8. The molecule has 0 aliphatic carbocycles. The zero-order chi connectivity index (χ0) is 14.1. The zero-order valence-corrected chi connectivity index (χ0v) is 12.3. The molecule has 0 radical (unpaired) electrons. The monoisotopic (exact) mass is 263 g/mol. The standard InChI is InChI=1S/C16H25NO2/c1-5-17(13-14(2)3)11-6-12-19-16-9-7-15(18-4)8-10-16/h7-10H,2,5-6,11-13H2,1,3-4H3. The van der Waals surface area contributed by atoms with Crippen molar-refractivity contribution in [3.8, 4) is 11.5 Å². The Hall–Kier alpha value is -1.48. The average Bonchev–Trinajstić information content (AvgIpc) is 2.42. The molecule has 0 heterocycles. The maximum atomic E-state index is 5.70. The molecule has 3 nitrogen and oxygen atoms in total. The first kappa shape index (κ1) is 15.6. The van der Waals surface area contributed by atoms with E-state index >= 15 is 0 Å². The van der Waals surface area contributed by atoms with E-state index in [1.807, 2.05) is 24.3 Å². The molecular formula is C16H25NO2. The number of methoxy groups -OCH3 is 1. The Balaban J connectivity index is 2.23. The SMILES string of the molecule is C=C(C)CN(CC)CCCOc1ccc(OC)cc1. The Morgan fingerprint density at radius 3 is 2.37 bits per heavy atom. The summed E-state index contributed by atoms with van der Waals surface area (Å²) in [5, 5.41) is 0. The zero-order valence-electron chi connectivity index (χ0n) is 12.3. The molecule has 0 unspecified atom stereocenters. The Bertz CT molecular complexity index is 373. The van der Waals surface area contributed by atoms with E-state index in [1.54, 1.807) is 7.11 Å². The third kappa shape index (κ3) is 6.30. The van der Waals surface area contributed by atoms with Gasteiger partial charge in [-0.1, -0.05) is 19.1 Å². The number of ether oxygens (including phenoxy) is 2. The summed E-state index contributed by atoms with van der Waals surface area (Å²) in [6, 6.07) is 7.69. The fraction of sp³-hybridized carbons (Fsp3) is 0.500. The molecule has 0 aliphatic rings. The van der Waals surface area contributed by atoms with E-state index < -0.39 is 0 Å². The van der Waals surface area contributed by atoms with Crippen LogP contribution in [0.25, 0.3) is 0 Å². The van der Waals surface area contributed by atoms with Crippen LogP contribution in [0.2, 0.25) is 0 Å². The van der Waals surface area contributed by atoms with Gasteiger partial charge in [-0.2, -0.15) is 0 Å². The Labute approximate surface area is 116 Å². The molecule has 0 aliphatic heterocycles. The second kappa shape index (κ2) is 8.59. The van der Waals surface area contributed by atoms with Gasteiger partial charge < -0.3 is 9.47 Å². The van der Waals surface area contributed by atoms with Gasteiger partial charge in [-0.25, -0.2) is 0 Å². The molecule has 0 spiro atoms. The molecular weight excluding hydrogens is 238 g/mol. The molecule has 0 saturated carbocycles. The highest BCUT2D eigenvalue weighted by Gasteiger charge is 2.02. The van der Waals surface area contributed by atoms with Crippen LogP contribution in [0.4, 0.5) is 0 Å². The number of likely N-dealkylation sites (N-methyl/N-ethyl adjacent to an activating group) is 1. The molecule has 3 heteroatoms. The summed E-state index contributed by atoms with van der Waals surface area (Å²) in [5.74, 6) is 1.75. The maximum absolute atomic E-state index is 5.70. The average molecular weight is 263 g/mol. The smallest absolute Gasteiger partial charge is 0.119 e. The van der Waals surface area contributed by atoms with Gasteiger partial charge in [0, 0.05) is 13.1 Å². The number of benzene rings is 1. The molecule has 0 aromatic heterocycles. The van der Waals surface area contributed by atoms with Gasteiger partial charge in [0.2, 0.25) is 0 Å². The van der Waals surface area contributed by atoms with Gasteiger partial charge in [-0.05, 0) is 44.2 Å². The van der Waals surface area contributed by atoms with Crippen LogP contribution in [0.15, 0.2) is 36.4 Å². The summed E-state index contributed by atoms with van der Waals surface area (Å²) in [6.07, 6.45) is 1.02. The highest BCUT2D eigenvalue weighted by molar-refractivity contribution is 5.31. The summed E-state index contributed by atoms with van der Waals surface area (Å²) in [4.78, 5) is 2.37. The van der Waals surface area contributed by atoms with Crippen LogP contribution in [0.5, 0.6) is 11.5 Å². The largest absolute Gasteiger partial charge is 0.497 e. The molecule has 1 aromatic carbocycles. The second-order valence-electron chi connectivity index (χ2n) is 4.70. The lowest BCUT2D eigenvalue weighted by Gasteiger charge is -2.20. The molecule has 0 amide bonds. The van der Waals surface area contributed by atoms with E-state index in [4.69, 9.17) is 9.47 Å². The van der Waals surface area contributed by atoms with Gasteiger partial charge in [0.15, 0.2) is 0 Å². The maximum Gasteiger partial charge on any atom is 0.119 e. The normalized spacial score (nSPS) is 10.5. The first-order chi connectivity index (χ1) is 9.15. The lowest BCUT2D eigenvalue weighted by atomic mass is 10.3. The van der Waals surface area contributed by atoms with Gasteiger partial charge in [-0.15, -0.1) is 0 Å². The quantitative estimate of drug-likeness (QED) is 0.504. The van der Waals surface area contributed by atoms with Gasteiger partial charge in [-0.3, -0.25) is 4.90 Å². The summed E-state index contributed by atoms with van der Waals surface area (Å²) in [5.41, 5.74) is 1.21. The number of rotatable bonds is 9. The number of hydrogen-bond donors (Lipinski definition) is 0. The van der Waals surface area contributed by atoms with E-state index in [0.717, 1.165) is 44.2 Å². The van der Waals surface area contributed by atoms with Gasteiger partial charge in [0.25, 0.3) is 0 Å². The fourth-order valence-electron chi connectivity index (χ4n) is 1.88. The predicted octanol–water partition coefficient (Wildman–Crippen LogP) is 3.36. The first-order valence-corrected chi connectivity index (χ1v) is 6.79. The van der Waals surface area contributed by atoms with Crippen LogP contribution in [0.1, 0.15) is 20.3 Å². The van der Waals surface area contributed by atoms with Gasteiger partial charge in [0.1, 0.15) is 11.5 Å². The topological polar surface area (TPSA) is 21.7 Å². The van der Waals surface area contributed by atoms with Crippen molar-refractivity contribution >= 4 is 0 Å². The van der Waals surface area contributed by atoms with Crippen molar-refractivity contribution in [2.24, 2.45) is 0 Å². The van der Waals surface area contributed by atoms with Crippen LogP contribution in [-0.2, 0) is 0 Å². The Kier molecular flexibility index (Phi) is 7.04. The predicted molar refractivity (Wildman–Crippen MR) is 80.0 cm³/mol. The minimum absolute atomic E-state index is 0.735. The van der Waals surface area contributed by atoms with Crippen LogP contribution < -0.4 is 9.47 Å². The van der Waals surface area contributed by atoms with E-state index in [9.17, 15) is 0 Å². The molecule has 0 N–H and O–H groups in total. The highest BCUT2D eigenvalue weighted by atomic mass is 16.5. The summed E-state index contributed by atoms with van der Waals surface area (Å²) in [7, 11) is 1.66. The van der Waals surface area contributed by atoms with Crippen LogP contribution >= 0.6 is 0 Å². The minimum atomic E-state index is 0.735. The molecule has 106 valence electrons. The fourth-order valence-corrected chi connectivity index (χ4v) is 1.88. The third-order valence-corrected chi connectivity index (χ3v) is 2.89. The van der Waals surface area contributed by atoms with Crippen molar-refractivity contribution in [1.82, 2.24) is 4.90 Å². The number of nitrogens with zero attached hydrogens (tertiary/aromatic N) is 1. The van der Waals surface area contributed by atoms with Crippen molar-refractivity contribution in [3.05, 3.63) is 36.4 Å². The van der Waals surface area contributed by atoms with Gasteiger partial charge in [0.05, 0.1) is 13.7 Å². The number of hydrogen-bond acceptors (Lipinski definition) is 3. The molecule has 1 rings (SSSR count). The molecule has 0 saturated heterocycles. The second-order valence-corrected chi connectivity index (χ2v) is 4.70. The van der Waals surface area contributed by atoms with E-state index in [1.165, 1.54) is 5.57 Å². The first-order valence-electron chi connectivity index (χ1n) is 6.79. The van der Waals surface area contributed by atoms with E-state index in [0.29, 0.717) is 0 Å². The van der Waals surface area contributed by atoms with Crippen LogP contribution in [-0.4, -0.2) is 38.3 Å². The van der Waals surface area contributed by atoms with Crippen LogP contribution in [0.3, 0.4) is 0 Å². The van der Waals surface area contributed by atoms with E-state index in [2.05, 4.69) is 25.3 Å². The van der Waals surface area contributed by atoms with Crippen molar-refractivity contribution < 1.29 is 9.47 Å². The Morgan fingerprint density at radius 1 is 1.21 bits per heavy atom. The highest BCUT2D eigenvalue weighted by Crippen LogP contribution is 2.17. The van der Waals surface area contributed by atoms with Crippen molar-refractivity contribution in [1.29, 1.82) is 0 Å². The van der Waals surface area contributed by atoms with Crippen molar-refractivity contribution in [2.45, 2.75) is 20.3 Å². The van der Waals surface area contributed by atoms with Crippen molar-refractivity contribution in [2.75, 3.05) is 33.4 Å². The molecule has 0 atom stereocenters. The lowest BCUT2D eigenvalue weighted by Crippen LogP contribution is -2.27. The minimum Gasteiger partial charge on any atom is -0.497 e. The summed E-state index contributed by atoms with van der Waals surface area (Å²) >= 11 is 0. The summed E-state index contributed by atoms with van der Waals surface area (Å²) in [6.45, 7) is 12.0. The third-order valence-electron chi connectivity index (χ3n) is 2.89. The van der Waals surface area contributed by atoms with Crippen LogP contribution in [0, 0.1) is 0 Å². The lowest BCUT2D eigenvalue weighted by molar-refractivity contribution is 0.253. The molecule has 0 bridgehead atoms. The Morgan fingerprint density at radius 2 is 1.84 bits per heavy atom. The molecule has 1 aromatic rings. The van der Waals surface area contributed by atoms with Crippen molar-refractivity contribution in [3.63, 3.8) is 0 Å². The molecule has 0 fully saturated rings. The van der Waals surface area contributed by atoms with E-state index in [-0.39, 0.29) is 0 Å².